The Balaban J connectivity index is 1.12. The molecule has 0 unspecified atom stereocenters. The molecule has 0 atom stereocenters. The molecule has 0 fully saturated rings. The number of aromatic nitrogens is 3. The first kappa shape index (κ1) is 22.8. The van der Waals surface area contributed by atoms with Crippen molar-refractivity contribution in [1.29, 1.82) is 0 Å². The van der Waals surface area contributed by atoms with Crippen molar-refractivity contribution in [3.8, 4) is 22.9 Å². The van der Waals surface area contributed by atoms with Gasteiger partial charge in [0.05, 0.1) is 0 Å². The number of urea groups is 1. The van der Waals surface area contributed by atoms with Gasteiger partial charge in [0.15, 0.2) is 0 Å². The molecule has 36 heavy (non-hydrogen) atoms. The number of para-hydroxylation sites is 1. The second-order valence-corrected chi connectivity index (χ2v) is 7.97. The fourth-order valence-corrected chi connectivity index (χ4v) is 3.50. The van der Waals surface area contributed by atoms with Gasteiger partial charge in [-0.15, -0.1) is 0 Å². The normalized spacial score (nSPS) is 10.6. The highest BCUT2D eigenvalue weighted by Gasteiger charge is 2.10. The van der Waals surface area contributed by atoms with Crippen molar-refractivity contribution in [1.82, 2.24) is 15.1 Å². The van der Waals surface area contributed by atoms with Crippen LogP contribution in [0, 0.1) is 0 Å². The first-order valence-electron chi connectivity index (χ1n) is 11.4. The molecule has 3 aromatic carbocycles. The molecular weight excluding hydrogens is 454 g/mol. The van der Waals surface area contributed by atoms with Crippen LogP contribution in [-0.2, 0) is 12.8 Å². The van der Waals surface area contributed by atoms with E-state index in [1.807, 2.05) is 60.8 Å². The number of carbonyl (C=O) groups excluding carboxylic acids is 1. The highest BCUT2D eigenvalue weighted by molar-refractivity contribution is 5.99. The number of anilines is 2. The van der Waals surface area contributed by atoms with E-state index in [-0.39, 0.29) is 6.03 Å². The summed E-state index contributed by atoms with van der Waals surface area (Å²) >= 11 is 0. The zero-order chi connectivity index (χ0) is 24.6. The van der Waals surface area contributed by atoms with Crippen LogP contribution in [0.5, 0.6) is 11.5 Å². The van der Waals surface area contributed by atoms with Gasteiger partial charge in [-0.25, -0.2) is 4.79 Å². The van der Waals surface area contributed by atoms with E-state index < -0.39 is 0 Å². The van der Waals surface area contributed by atoms with E-state index in [9.17, 15) is 4.79 Å². The number of nitrogens with one attached hydrogen (secondary N) is 2. The molecule has 0 aliphatic rings. The van der Waals surface area contributed by atoms with Crippen molar-refractivity contribution in [2.75, 3.05) is 10.6 Å². The monoisotopic (exact) mass is 477 g/mol. The molecule has 2 aromatic heterocycles. The molecule has 0 aliphatic heterocycles. The van der Waals surface area contributed by atoms with Crippen LogP contribution in [0.1, 0.15) is 11.5 Å². The average Bonchev–Trinajstić information content (AvgIpc) is 3.39. The van der Waals surface area contributed by atoms with Gasteiger partial charge in [-0.05, 0) is 78.7 Å². The van der Waals surface area contributed by atoms with Crippen molar-refractivity contribution in [3.05, 3.63) is 115 Å². The second-order valence-electron chi connectivity index (χ2n) is 7.97. The van der Waals surface area contributed by atoms with Gasteiger partial charge in [0.1, 0.15) is 11.5 Å². The summed E-state index contributed by atoms with van der Waals surface area (Å²) in [6, 6.07) is 27.5. The quantitative estimate of drug-likeness (QED) is 0.270. The largest absolute Gasteiger partial charge is 0.457 e. The van der Waals surface area contributed by atoms with E-state index in [0.29, 0.717) is 35.3 Å². The Labute approximate surface area is 208 Å². The van der Waals surface area contributed by atoms with Crippen LogP contribution in [0.25, 0.3) is 11.4 Å². The fraction of sp³-hybridized carbons (Fsp3) is 0.0714. The maximum absolute atomic E-state index is 12.4. The number of hydrogen-bond acceptors (Lipinski definition) is 6. The third-order valence-corrected chi connectivity index (χ3v) is 5.31. The Kier molecular flexibility index (Phi) is 6.94. The molecule has 0 aliphatic carbocycles. The number of nitrogens with zero attached hydrogens (tertiary/aromatic N) is 3. The molecule has 2 N–H and O–H groups in total. The summed E-state index contributed by atoms with van der Waals surface area (Å²) < 4.78 is 11.1. The lowest BCUT2D eigenvalue weighted by Crippen LogP contribution is -2.19. The molecule has 8 heteroatoms. The minimum absolute atomic E-state index is 0.350. The minimum Gasteiger partial charge on any atom is -0.457 e. The highest BCUT2D eigenvalue weighted by atomic mass is 16.5. The Morgan fingerprint density at radius 1 is 0.778 bits per heavy atom. The summed E-state index contributed by atoms with van der Waals surface area (Å²) in [7, 11) is 0. The highest BCUT2D eigenvalue weighted by Crippen LogP contribution is 2.23. The van der Waals surface area contributed by atoms with E-state index in [2.05, 4.69) is 25.8 Å². The Bertz CT molecular complexity index is 1400. The zero-order valence-corrected chi connectivity index (χ0v) is 19.3. The molecule has 0 radical (unpaired) electrons. The topological polar surface area (TPSA) is 102 Å². The summed E-state index contributed by atoms with van der Waals surface area (Å²) in [5.74, 6) is 2.51. The van der Waals surface area contributed by atoms with E-state index in [4.69, 9.17) is 9.26 Å². The van der Waals surface area contributed by atoms with Crippen molar-refractivity contribution >= 4 is 17.4 Å². The van der Waals surface area contributed by atoms with Crippen LogP contribution in [0.2, 0.25) is 0 Å². The van der Waals surface area contributed by atoms with E-state index in [1.165, 1.54) is 0 Å². The summed E-state index contributed by atoms with van der Waals surface area (Å²) in [4.78, 5) is 21.0. The second kappa shape index (κ2) is 11.0. The van der Waals surface area contributed by atoms with Crippen LogP contribution >= 0.6 is 0 Å². The number of hydrogen-bond donors (Lipinski definition) is 2. The average molecular weight is 478 g/mol. The predicted molar refractivity (Wildman–Crippen MR) is 137 cm³/mol. The zero-order valence-electron chi connectivity index (χ0n) is 19.3. The standard InChI is InChI=1S/C28H23N5O3/c34-28(31-23-13-15-25(16-14-23)35-24-6-2-1-3-7-24)30-22-11-9-21(10-12-22)27-32-26(36-33-27)17-8-20-5-4-18-29-19-20/h1-7,9-16,18-19H,8,17H2,(H2,30,31,34). The number of amides is 2. The lowest BCUT2D eigenvalue weighted by molar-refractivity contribution is 0.262. The number of pyridine rings is 1. The Morgan fingerprint density at radius 2 is 1.47 bits per heavy atom. The summed E-state index contributed by atoms with van der Waals surface area (Å²) in [5.41, 5.74) is 3.20. The van der Waals surface area contributed by atoms with Crippen LogP contribution in [0.15, 0.2) is 108 Å². The maximum Gasteiger partial charge on any atom is 0.323 e. The van der Waals surface area contributed by atoms with Crippen LogP contribution < -0.4 is 15.4 Å². The van der Waals surface area contributed by atoms with Crippen molar-refractivity contribution in [3.63, 3.8) is 0 Å². The smallest absolute Gasteiger partial charge is 0.323 e. The van der Waals surface area contributed by atoms with Gasteiger partial charge in [-0.3, -0.25) is 4.98 Å². The Hall–Kier alpha value is -4.98. The minimum atomic E-state index is -0.350. The van der Waals surface area contributed by atoms with Gasteiger partial charge in [0.2, 0.25) is 11.7 Å². The third-order valence-electron chi connectivity index (χ3n) is 5.31. The number of benzene rings is 3. The molecule has 5 rings (SSSR count). The van der Waals surface area contributed by atoms with E-state index in [0.717, 1.165) is 23.3 Å². The fourth-order valence-electron chi connectivity index (χ4n) is 3.50. The van der Waals surface area contributed by atoms with Gasteiger partial charge in [0, 0.05) is 35.8 Å². The SMILES string of the molecule is O=C(Nc1ccc(Oc2ccccc2)cc1)Nc1ccc(-c2noc(CCc3cccnc3)n2)cc1. The van der Waals surface area contributed by atoms with Gasteiger partial charge in [-0.1, -0.05) is 29.4 Å². The number of aryl methyl sites for hydroxylation is 2. The molecule has 178 valence electrons. The molecule has 0 bridgehead atoms. The van der Waals surface area contributed by atoms with Crippen molar-refractivity contribution in [2.24, 2.45) is 0 Å². The van der Waals surface area contributed by atoms with Gasteiger partial charge in [0.25, 0.3) is 0 Å². The van der Waals surface area contributed by atoms with Crippen LogP contribution in [0.4, 0.5) is 16.2 Å². The first-order chi connectivity index (χ1) is 17.7. The summed E-state index contributed by atoms with van der Waals surface area (Å²) in [6.45, 7) is 0. The molecule has 0 saturated carbocycles. The number of rotatable bonds is 8. The number of ether oxygens (including phenoxy) is 1. The lowest BCUT2D eigenvalue weighted by Gasteiger charge is -2.09. The molecular formula is C28H23N5O3. The van der Waals surface area contributed by atoms with E-state index >= 15 is 0 Å². The maximum atomic E-state index is 12.4. The van der Waals surface area contributed by atoms with Crippen molar-refractivity contribution in [2.45, 2.75) is 12.8 Å². The van der Waals surface area contributed by atoms with Gasteiger partial charge >= 0.3 is 6.03 Å². The van der Waals surface area contributed by atoms with Gasteiger partial charge < -0.3 is 19.9 Å². The predicted octanol–water partition coefficient (Wildman–Crippen LogP) is 6.35. The third kappa shape index (κ3) is 6.12. The Morgan fingerprint density at radius 3 is 2.17 bits per heavy atom. The molecule has 0 saturated heterocycles. The summed E-state index contributed by atoms with van der Waals surface area (Å²) in [5, 5.41) is 9.69. The first-order valence-corrected chi connectivity index (χ1v) is 11.4. The van der Waals surface area contributed by atoms with Crippen LogP contribution in [0.3, 0.4) is 0 Å². The van der Waals surface area contributed by atoms with E-state index in [1.54, 1.807) is 42.6 Å². The molecule has 2 heterocycles. The van der Waals surface area contributed by atoms with Crippen LogP contribution in [-0.4, -0.2) is 21.2 Å². The van der Waals surface area contributed by atoms with Crippen molar-refractivity contribution < 1.29 is 14.1 Å². The molecule has 0 spiro atoms. The molecule has 8 nitrogen and oxygen atoms in total. The lowest BCUT2D eigenvalue weighted by atomic mass is 10.1. The molecule has 5 aromatic rings. The number of carbonyl (C=O) groups is 1. The summed E-state index contributed by atoms with van der Waals surface area (Å²) in [6.07, 6.45) is 4.99. The van der Waals surface area contributed by atoms with Gasteiger partial charge in [-0.2, -0.15) is 4.98 Å². The molecule has 2 amide bonds.